The summed E-state index contributed by atoms with van der Waals surface area (Å²) in [5, 5.41) is 14.3. The fraction of sp³-hybridized carbons (Fsp3) is 0.375. The van der Waals surface area contributed by atoms with Gasteiger partial charge in [0.2, 0.25) is 0 Å². The number of halogens is 4. The lowest BCUT2D eigenvalue weighted by Crippen LogP contribution is -2.54. The standard InChI is InChI=1S/C16H14F4N4OS/c17-10-6-23(7-10)15(25)8-24-12-3-9(4-21-11(12)5-22-24)13-1-2-14(26-13)16(18,19)20/h1-5,10,15,25H,6-8H2. The third-order valence-corrected chi connectivity index (χ3v) is 5.47. The van der Waals surface area contributed by atoms with Gasteiger partial charge in [0.05, 0.1) is 18.3 Å². The molecule has 1 aliphatic heterocycles. The zero-order chi connectivity index (χ0) is 18.5. The Morgan fingerprint density at radius 2 is 2.04 bits per heavy atom. The number of rotatable bonds is 4. The molecule has 0 spiro atoms. The minimum Gasteiger partial charge on any atom is -0.376 e. The van der Waals surface area contributed by atoms with Gasteiger partial charge in [0.1, 0.15) is 22.8 Å². The van der Waals surface area contributed by atoms with E-state index < -0.39 is 23.5 Å². The van der Waals surface area contributed by atoms with E-state index in [0.717, 1.165) is 6.07 Å². The summed E-state index contributed by atoms with van der Waals surface area (Å²) in [6.07, 6.45) is -3.16. The molecule has 0 aromatic carbocycles. The highest BCUT2D eigenvalue weighted by Crippen LogP contribution is 2.38. The van der Waals surface area contributed by atoms with Crippen molar-refractivity contribution in [1.82, 2.24) is 19.7 Å². The van der Waals surface area contributed by atoms with Crippen LogP contribution in [0, 0.1) is 0 Å². The SMILES string of the molecule is OC(Cn1ncc2ncc(-c3ccc(C(F)(F)F)s3)cc21)N1CC(F)C1. The van der Waals surface area contributed by atoms with Crippen molar-refractivity contribution in [2.75, 3.05) is 13.1 Å². The van der Waals surface area contributed by atoms with Crippen LogP contribution in [0.3, 0.4) is 0 Å². The first-order valence-electron chi connectivity index (χ1n) is 7.86. The Labute approximate surface area is 149 Å². The largest absolute Gasteiger partial charge is 0.425 e. The second kappa shape index (κ2) is 6.29. The highest BCUT2D eigenvalue weighted by molar-refractivity contribution is 7.15. The van der Waals surface area contributed by atoms with Crippen LogP contribution in [0.2, 0.25) is 0 Å². The summed E-state index contributed by atoms with van der Waals surface area (Å²) in [6, 6.07) is 4.15. The normalized spacial score (nSPS) is 17.6. The van der Waals surface area contributed by atoms with E-state index in [9.17, 15) is 22.7 Å². The second-order valence-electron chi connectivity index (χ2n) is 6.15. The summed E-state index contributed by atoms with van der Waals surface area (Å²) in [6.45, 7) is 0.484. The highest BCUT2D eigenvalue weighted by Gasteiger charge is 2.33. The van der Waals surface area contributed by atoms with Crippen molar-refractivity contribution in [3.05, 3.63) is 35.5 Å². The van der Waals surface area contributed by atoms with Gasteiger partial charge in [-0.25, -0.2) is 4.39 Å². The van der Waals surface area contributed by atoms with E-state index in [0.29, 0.717) is 32.8 Å². The van der Waals surface area contributed by atoms with Gasteiger partial charge in [0.25, 0.3) is 0 Å². The van der Waals surface area contributed by atoms with Crippen LogP contribution < -0.4 is 0 Å². The maximum Gasteiger partial charge on any atom is 0.425 e. The zero-order valence-electron chi connectivity index (χ0n) is 13.3. The van der Waals surface area contributed by atoms with Gasteiger partial charge in [-0.3, -0.25) is 14.6 Å². The second-order valence-corrected chi connectivity index (χ2v) is 7.23. The first-order chi connectivity index (χ1) is 12.3. The summed E-state index contributed by atoms with van der Waals surface area (Å²) in [5.41, 5.74) is 1.71. The molecule has 0 amide bonds. The maximum absolute atomic E-state index is 12.9. The minimum atomic E-state index is -4.38. The van der Waals surface area contributed by atoms with Gasteiger partial charge in [-0.05, 0) is 18.2 Å². The molecule has 1 saturated heterocycles. The number of aromatic nitrogens is 3. The van der Waals surface area contributed by atoms with Crippen LogP contribution in [0.4, 0.5) is 17.6 Å². The molecular formula is C16H14F4N4OS. The first kappa shape index (κ1) is 17.4. The lowest BCUT2D eigenvalue weighted by molar-refractivity contribution is -0.134. The number of pyridine rings is 1. The van der Waals surface area contributed by atoms with Crippen LogP contribution in [0.1, 0.15) is 4.88 Å². The van der Waals surface area contributed by atoms with Crippen LogP contribution >= 0.6 is 11.3 Å². The van der Waals surface area contributed by atoms with Gasteiger partial charge in [-0.1, -0.05) is 0 Å². The number of alkyl halides is 4. The summed E-state index contributed by atoms with van der Waals surface area (Å²) < 4.78 is 52.8. The number of aliphatic hydroxyl groups is 1. The van der Waals surface area contributed by atoms with Crippen molar-refractivity contribution in [3.63, 3.8) is 0 Å². The predicted molar refractivity (Wildman–Crippen MR) is 88.3 cm³/mol. The molecule has 1 fully saturated rings. The molecule has 1 unspecified atom stereocenters. The van der Waals surface area contributed by atoms with Crippen molar-refractivity contribution in [2.45, 2.75) is 25.1 Å². The van der Waals surface area contributed by atoms with Gasteiger partial charge < -0.3 is 5.11 Å². The molecule has 1 N–H and O–H groups in total. The van der Waals surface area contributed by atoms with Crippen molar-refractivity contribution in [1.29, 1.82) is 0 Å². The Kier molecular flexibility index (Phi) is 4.20. The van der Waals surface area contributed by atoms with Crippen molar-refractivity contribution in [3.8, 4) is 10.4 Å². The molecule has 26 heavy (non-hydrogen) atoms. The number of likely N-dealkylation sites (tertiary alicyclic amines) is 1. The lowest BCUT2D eigenvalue weighted by Gasteiger charge is -2.37. The average Bonchev–Trinajstić information content (AvgIpc) is 3.18. The Balaban J connectivity index is 1.61. The monoisotopic (exact) mass is 386 g/mol. The van der Waals surface area contributed by atoms with Gasteiger partial charge >= 0.3 is 6.18 Å². The average molecular weight is 386 g/mol. The van der Waals surface area contributed by atoms with Crippen LogP contribution in [-0.4, -0.2) is 50.3 Å². The molecule has 1 atom stereocenters. The number of hydrogen-bond acceptors (Lipinski definition) is 5. The van der Waals surface area contributed by atoms with Crippen LogP contribution in [0.15, 0.2) is 30.6 Å². The number of thiophene rings is 1. The molecule has 5 nitrogen and oxygen atoms in total. The van der Waals surface area contributed by atoms with Crippen LogP contribution in [0.5, 0.6) is 0 Å². The molecule has 0 bridgehead atoms. The Morgan fingerprint density at radius 3 is 2.69 bits per heavy atom. The van der Waals surface area contributed by atoms with E-state index >= 15 is 0 Å². The zero-order valence-corrected chi connectivity index (χ0v) is 14.1. The van der Waals surface area contributed by atoms with E-state index in [-0.39, 0.29) is 19.6 Å². The summed E-state index contributed by atoms with van der Waals surface area (Å²) in [7, 11) is 0. The van der Waals surface area contributed by atoms with Crippen molar-refractivity contribution in [2.24, 2.45) is 0 Å². The number of nitrogens with zero attached hydrogens (tertiary/aromatic N) is 4. The summed E-state index contributed by atoms with van der Waals surface area (Å²) in [4.78, 5) is 5.60. The highest BCUT2D eigenvalue weighted by atomic mass is 32.1. The third-order valence-electron chi connectivity index (χ3n) is 4.29. The molecule has 4 rings (SSSR count). The Hall–Kier alpha value is -2.04. The quantitative estimate of drug-likeness (QED) is 0.700. The van der Waals surface area contributed by atoms with Gasteiger partial charge in [-0.15, -0.1) is 11.3 Å². The van der Waals surface area contributed by atoms with E-state index in [1.807, 2.05) is 0 Å². The molecule has 10 heteroatoms. The molecule has 4 heterocycles. The van der Waals surface area contributed by atoms with E-state index in [1.165, 1.54) is 23.1 Å². The van der Waals surface area contributed by atoms with Crippen LogP contribution in [0.25, 0.3) is 21.5 Å². The molecule has 138 valence electrons. The molecule has 0 saturated carbocycles. The maximum atomic E-state index is 12.9. The van der Waals surface area contributed by atoms with Crippen molar-refractivity contribution < 1.29 is 22.7 Å². The predicted octanol–water partition coefficient (Wildman–Crippen LogP) is 3.15. The summed E-state index contributed by atoms with van der Waals surface area (Å²) >= 11 is 0.648. The van der Waals surface area contributed by atoms with Gasteiger partial charge in [0, 0.05) is 29.7 Å². The first-order valence-corrected chi connectivity index (χ1v) is 8.68. The van der Waals surface area contributed by atoms with E-state index in [4.69, 9.17) is 0 Å². The molecule has 1 aliphatic rings. The lowest BCUT2D eigenvalue weighted by atomic mass is 10.2. The third kappa shape index (κ3) is 3.19. The van der Waals surface area contributed by atoms with Crippen molar-refractivity contribution >= 4 is 22.4 Å². The van der Waals surface area contributed by atoms with Gasteiger partial charge in [-0.2, -0.15) is 18.3 Å². The van der Waals surface area contributed by atoms with Gasteiger partial charge in [0.15, 0.2) is 0 Å². The minimum absolute atomic E-state index is 0.125. The molecule has 0 radical (unpaired) electrons. The number of fused-ring (bicyclic) bond motifs is 1. The molecule has 0 aliphatic carbocycles. The molecule has 3 aromatic rings. The molecular weight excluding hydrogens is 372 g/mol. The Bertz CT molecular complexity index is 932. The van der Waals surface area contributed by atoms with E-state index in [2.05, 4.69) is 10.1 Å². The molecule has 3 aromatic heterocycles. The van der Waals surface area contributed by atoms with Crippen LogP contribution in [-0.2, 0) is 12.7 Å². The topological polar surface area (TPSA) is 54.2 Å². The van der Waals surface area contributed by atoms with E-state index in [1.54, 1.807) is 11.0 Å². The fourth-order valence-corrected chi connectivity index (χ4v) is 3.71. The summed E-state index contributed by atoms with van der Waals surface area (Å²) in [5.74, 6) is 0. The number of hydrogen-bond donors (Lipinski definition) is 1. The fourth-order valence-electron chi connectivity index (χ4n) is 2.85. The smallest absolute Gasteiger partial charge is 0.376 e. The number of aliphatic hydroxyl groups excluding tert-OH is 1. The Morgan fingerprint density at radius 1 is 1.27 bits per heavy atom.